The number of anilines is 2. The Hall–Kier alpha value is -4.35. The molecule has 2 N–H and O–H groups in total. The van der Waals surface area contributed by atoms with Gasteiger partial charge in [-0.15, -0.1) is 0 Å². The molecule has 0 saturated carbocycles. The van der Waals surface area contributed by atoms with Gasteiger partial charge in [0.05, 0.1) is 23.7 Å². The number of rotatable bonds is 6. The first-order valence-electron chi connectivity index (χ1n) is 11.4. The summed E-state index contributed by atoms with van der Waals surface area (Å²) in [4.78, 5) is 26.5. The lowest BCUT2D eigenvalue weighted by Gasteiger charge is -2.18. The normalized spacial score (nSPS) is 15.2. The number of nitrogens with zero attached hydrogens (tertiary/aromatic N) is 4. The van der Waals surface area contributed by atoms with Crippen LogP contribution in [0.1, 0.15) is 24.8 Å². The Bertz CT molecular complexity index is 1520. The lowest BCUT2D eigenvalue weighted by molar-refractivity contribution is -0.117. The van der Waals surface area contributed by atoms with Gasteiger partial charge in [-0.1, -0.05) is 29.8 Å². The van der Waals surface area contributed by atoms with Gasteiger partial charge in [0.1, 0.15) is 17.9 Å². The molecule has 0 unspecified atom stereocenters. The van der Waals surface area contributed by atoms with Gasteiger partial charge in [0.25, 0.3) is 0 Å². The van der Waals surface area contributed by atoms with Crippen LogP contribution < -0.4 is 20.1 Å². The fourth-order valence-corrected chi connectivity index (χ4v) is 4.50. The number of hydrogen-bond acceptors (Lipinski definition) is 6. The highest BCUT2D eigenvalue weighted by Gasteiger charge is 2.32. The molecule has 1 amide bonds. The molecule has 1 saturated heterocycles. The predicted molar refractivity (Wildman–Crippen MR) is 139 cm³/mol. The van der Waals surface area contributed by atoms with Crippen LogP contribution in [-0.4, -0.2) is 29.0 Å². The van der Waals surface area contributed by atoms with Gasteiger partial charge < -0.3 is 20.1 Å². The van der Waals surface area contributed by atoms with E-state index in [1.165, 1.54) is 6.33 Å². The molecule has 1 atom stereocenters. The number of benzene rings is 3. The number of halogens is 1. The van der Waals surface area contributed by atoms with Gasteiger partial charge in [0, 0.05) is 30.0 Å². The molecular weight excluding hydrogens is 478 g/mol. The maximum atomic E-state index is 13.0. The first-order chi connectivity index (χ1) is 17.5. The Morgan fingerprint density at radius 1 is 1.17 bits per heavy atom. The Labute approximate surface area is 213 Å². The van der Waals surface area contributed by atoms with Crippen LogP contribution in [0.4, 0.5) is 17.2 Å². The predicted octanol–water partition coefficient (Wildman–Crippen LogP) is 6.13. The first kappa shape index (κ1) is 23.4. The lowest BCUT2D eigenvalue weighted by Crippen LogP contribution is -2.24. The largest absolute Gasteiger partial charge is 0.491 e. The number of fused-ring (bicyclic) bond motifs is 1. The van der Waals surface area contributed by atoms with Crippen molar-refractivity contribution in [2.24, 2.45) is 0 Å². The van der Waals surface area contributed by atoms with E-state index in [1.54, 1.807) is 29.2 Å². The molecule has 0 spiro atoms. The summed E-state index contributed by atoms with van der Waals surface area (Å²) in [7, 11) is 0. The number of aromatic nitrogens is 2. The highest BCUT2D eigenvalue weighted by Crippen LogP contribution is 2.43. The summed E-state index contributed by atoms with van der Waals surface area (Å²) in [6.07, 6.45) is 1.76. The highest BCUT2D eigenvalue weighted by atomic mass is 35.5. The molecule has 0 bridgehead atoms. The van der Waals surface area contributed by atoms with E-state index < -0.39 is 0 Å². The SMILES string of the molecule is [C-]#[N+]c1cccc(OCC)c1Oc1cc([C@H]2CC(=O)N(c3ccc4ncnc(N)c4c3)C2)ccc1Cl. The van der Waals surface area contributed by atoms with Crippen molar-refractivity contribution in [1.82, 2.24) is 9.97 Å². The average Bonchev–Trinajstić information content (AvgIpc) is 3.28. The highest BCUT2D eigenvalue weighted by molar-refractivity contribution is 6.32. The Balaban J connectivity index is 1.43. The van der Waals surface area contributed by atoms with Gasteiger partial charge in [0.2, 0.25) is 11.6 Å². The van der Waals surface area contributed by atoms with Gasteiger partial charge in [-0.05, 0) is 48.9 Å². The number of carbonyl (C=O) groups excluding carboxylic acids is 1. The average molecular weight is 500 g/mol. The number of hydrogen-bond donors (Lipinski definition) is 1. The van der Waals surface area contributed by atoms with Crippen LogP contribution in [-0.2, 0) is 4.79 Å². The van der Waals surface area contributed by atoms with E-state index in [1.807, 2.05) is 37.3 Å². The molecule has 9 heteroatoms. The molecule has 0 aliphatic carbocycles. The van der Waals surface area contributed by atoms with Crippen molar-refractivity contribution in [2.45, 2.75) is 19.3 Å². The number of amides is 1. The number of carbonyl (C=O) groups is 1. The summed E-state index contributed by atoms with van der Waals surface area (Å²) < 4.78 is 11.8. The molecular formula is C27H22ClN5O3. The van der Waals surface area contributed by atoms with E-state index >= 15 is 0 Å². The molecule has 4 aromatic rings. The van der Waals surface area contributed by atoms with Crippen LogP contribution in [0.5, 0.6) is 17.2 Å². The zero-order valence-electron chi connectivity index (χ0n) is 19.4. The smallest absolute Gasteiger partial charge is 0.232 e. The monoisotopic (exact) mass is 499 g/mol. The van der Waals surface area contributed by atoms with Crippen LogP contribution in [0.25, 0.3) is 15.7 Å². The summed E-state index contributed by atoms with van der Waals surface area (Å²) in [6.45, 7) is 10.3. The standard InChI is InChI=1S/C27H22ClN5O3/c1-3-35-23-6-4-5-22(30-2)26(23)36-24-11-16(7-9-20(24)28)17-12-25(34)33(14-17)18-8-10-21-19(13-18)27(29)32-15-31-21/h4-11,13,15,17H,3,12,14H2,1H3,(H2,29,31,32)/t17-/m0/s1. The third-order valence-electron chi connectivity index (χ3n) is 6.10. The van der Waals surface area contributed by atoms with E-state index in [4.69, 9.17) is 33.4 Å². The minimum absolute atomic E-state index is 0.00386. The van der Waals surface area contributed by atoms with E-state index in [9.17, 15) is 4.79 Å². The van der Waals surface area contributed by atoms with Crippen LogP contribution in [0.2, 0.25) is 5.02 Å². The van der Waals surface area contributed by atoms with Crippen molar-refractivity contribution in [3.05, 3.63) is 82.9 Å². The first-order valence-corrected chi connectivity index (χ1v) is 11.8. The second-order valence-electron chi connectivity index (χ2n) is 8.31. The summed E-state index contributed by atoms with van der Waals surface area (Å²) in [5.41, 5.74) is 8.71. The molecule has 3 aromatic carbocycles. The van der Waals surface area contributed by atoms with Crippen LogP contribution >= 0.6 is 11.6 Å². The molecule has 5 rings (SSSR count). The summed E-state index contributed by atoms with van der Waals surface area (Å²) in [5.74, 6) is 1.48. The van der Waals surface area contributed by atoms with E-state index in [0.29, 0.717) is 58.7 Å². The summed E-state index contributed by atoms with van der Waals surface area (Å²) in [5, 5.41) is 1.10. The number of nitrogen functional groups attached to an aromatic ring is 1. The molecule has 1 fully saturated rings. The fourth-order valence-electron chi connectivity index (χ4n) is 4.34. The van der Waals surface area contributed by atoms with Crippen molar-refractivity contribution in [3.8, 4) is 17.2 Å². The Morgan fingerprint density at radius 2 is 2.03 bits per heavy atom. The van der Waals surface area contributed by atoms with Crippen LogP contribution in [0.3, 0.4) is 0 Å². The van der Waals surface area contributed by atoms with Crippen molar-refractivity contribution < 1.29 is 14.3 Å². The molecule has 1 aromatic heterocycles. The number of ether oxygens (including phenoxy) is 2. The quantitative estimate of drug-likeness (QED) is 0.321. The second kappa shape index (κ2) is 9.72. The molecule has 1 aliphatic rings. The number of nitrogens with two attached hydrogens (primary N) is 1. The van der Waals surface area contributed by atoms with Gasteiger partial charge >= 0.3 is 0 Å². The fraction of sp³-hybridized carbons (Fsp3) is 0.185. The molecule has 180 valence electrons. The molecule has 2 heterocycles. The Kier molecular flexibility index (Phi) is 6.32. The second-order valence-corrected chi connectivity index (χ2v) is 8.71. The molecule has 0 radical (unpaired) electrons. The molecule has 8 nitrogen and oxygen atoms in total. The topological polar surface area (TPSA) is 94.9 Å². The van der Waals surface area contributed by atoms with Crippen molar-refractivity contribution in [3.63, 3.8) is 0 Å². The molecule has 1 aliphatic heterocycles. The maximum absolute atomic E-state index is 13.0. The van der Waals surface area contributed by atoms with Gasteiger partial charge in [-0.3, -0.25) is 4.79 Å². The van der Waals surface area contributed by atoms with E-state index in [2.05, 4.69) is 14.8 Å². The van der Waals surface area contributed by atoms with E-state index in [-0.39, 0.29) is 11.8 Å². The Morgan fingerprint density at radius 3 is 2.83 bits per heavy atom. The maximum Gasteiger partial charge on any atom is 0.232 e. The third-order valence-corrected chi connectivity index (χ3v) is 6.42. The summed E-state index contributed by atoms with van der Waals surface area (Å²) >= 11 is 6.46. The summed E-state index contributed by atoms with van der Waals surface area (Å²) in [6, 6.07) is 16.2. The molecule has 36 heavy (non-hydrogen) atoms. The minimum atomic E-state index is -0.0698. The van der Waals surface area contributed by atoms with Gasteiger partial charge in [0.15, 0.2) is 11.5 Å². The van der Waals surface area contributed by atoms with Crippen LogP contribution in [0.15, 0.2) is 60.9 Å². The zero-order valence-corrected chi connectivity index (χ0v) is 20.2. The third kappa shape index (κ3) is 4.37. The van der Waals surface area contributed by atoms with Gasteiger partial charge in [-0.25, -0.2) is 14.8 Å². The van der Waals surface area contributed by atoms with Crippen molar-refractivity contribution >= 4 is 45.6 Å². The van der Waals surface area contributed by atoms with Gasteiger partial charge in [-0.2, -0.15) is 0 Å². The van der Waals surface area contributed by atoms with Crippen molar-refractivity contribution in [1.29, 1.82) is 0 Å². The van der Waals surface area contributed by atoms with Crippen LogP contribution in [0, 0.1) is 6.57 Å². The van der Waals surface area contributed by atoms with Crippen molar-refractivity contribution in [2.75, 3.05) is 23.8 Å². The minimum Gasteiger partial charge on any atom is -0.491 e. The zero-order chi connectivity index (χ0) is 25.2. The lowest BCUT2D eigenvalue weighted by atomic mass is 9.98. The van der Waals surface area contributed by atoms with E-state index in [0.717, 1.165) is 16.8 Å². The number of para-hydroxylation sites is 1.